The lowest BCUT2D eigenvalue weighted by Gasteiger charge is -2.21. The number of aliphatic hydroxyl groups is 1. The first-order chi connectivity index (χ1) is 45.3. The van der Waals surface area contributed by atoms with Crippen molar-refractivity contribution in [2.75, 3.05) is 39.6 Å². The highest BCUT2D eigenvalue weighted by Gasteiger charge is 2.30. The zero-order valence-electron chi connectivity index (χ0n) is 61.4. The highest BCUT2D eigenvalue weighted by molar-refractivity contribution is 7.47. The highest BCUT2D eigenvalue weighted by Crippen LogP contribution is 2.45. The van der Waals surface area contributed by atoms with Crippen molar-refractivity contribution in [3.8, 4) is 0 Å². The van der Waals surface area contributed by atoms with Gasteiger partial charge in [-0.25, -0.2) is 9.13 Å². The van der Waals surface area contributed by atoms with Gasteiger partial charge in [-0.2, -0.15) is 0 Å². The number of carbonyl (C=O) groups is 4. The molecule has 0 heterocycles. The van der Waals surface area contributed by atoms with Crippen molar-refractivity contribution in [2.45, 2.75) is 401 Å². The minimum Gasteiger partial charge on any atom is -0.462 e. The Balaban J connectivity index is 5.23. The molecule has 0 rings (SSSR count). The topological polar surface area (TPSA) is 237 Å². The number of rotatable bonds is 73. The number of unbranched alkanes of at least 4 members (excludes halogenated alkanes) is 40. The molecule has 0 fully saturated rings. The third-order valence-corrected chi connectivity index (χ3v) is 19.6. The quantitative estimate of drug-likeness (QED) is 0.0222. The summed E-state index contributed by atoms with van der Waals surface area (Å²) < 4.78 is 68.5. The van der Waals surface area contributed by atoms with Crippen LogP contribution in [0.1, 0.15) is 382 Å². The Labute approximate surface area is 575 Å². The van der Waals surface area contributed by atoms with E-state index in [9.17, 15) is 43.2 Å². The smallest absolute Gasteiger partial charge is 0.462 e. The minimum atomic E-state index is -4.96. The second-order valence-electron chi connectivity index (χ2n) is 28.2. The van der Waals surface area contributed by atoms with Gasteiger partial charge in [0, 0.05) is 25.7 Å². The lowest BCUT2D eigenvalue weighted by atomic mass is 10.00. The summed E-state index contributed by atoms with van der Waals surface area (Å²) in [5, 5.41) is 10.6. The summed E-state index contributed by atoms with van der Waals surface area (Å²) in [6, 6.07) is 0. The van der Waals surface area contributed by atoms with Crippen molar-refractivity contribution in [2.24, 2.45) is 17.8 Å². The molecule has 0 radical (unpaired) electrons. The van der Waals surface area contributed by atoms with Gasteiger partial charge in [-0.05, 0) is 43.4 Å². The first kappa shape index (κ1) is 92.1. The number of esters is 4. The molecule has 0 saturated heterocycles. The van der Waals surface area contributed by atoms with Gasteiger partial charge in [0.25, 0.3) is 0 Å². The molecule has 17 nitrogen and oxygen atoms in total. The molecule has 0 amide bonds. The molecule has 558 valence electrons. The molecule has 0 aromatic heterocycles. The van der Waals surface area contributed by atoms with E-state index in [1.807, 2.05) is 0 Å². The van der Waals surface area contributed by atoms with Crippen molar-refractivity contribution >= 4 is 39.5 Å². The molecule has 94 heavy (non-hydrogen) atoms. The van der Waals surface area contributed by atoms with Gasteiger partial charge in [0.05, 0.1) is 26.4 Å². The van der Waals surface area contributed by atoms with Crippen molar-refractivity contribution in [3.63, 3.8) is 0 Å². The molecule has 0 saturated carbocycles. The number of ether oxygens (including phenoxy) is 4. The van der Waals surface area contributed by atoms with Gasteiger partial charge in [0.2, 0.25) is 0 Å². The van der Waals surface area contributed by atoms with E-state index in [2.05, 4.69) is 48.5 Å². The maximum absolute atomic E-state index is 13.1. The summed E-state index contributed by atoms with van der Waals surface area (Å²) >= 11 is 0. The molecule has 6 atom stereocenters. The molecule has 0 spiro atoms. The van der Waals surface area contributed by atoms with Crippen molar-refractivity contribution < 1.29 is 80.2 Å². The average Bonchev–Trinajstić information content (AvgIpc) is 1.55. The molecule has 0 aliphatic heterocycles. The minimum absolute atomic E-state index is 0.106. The number of hydrogen-bond acceptors (Lipinski definition) is 15. The van der Waals surface area contributed by atoms with Gasteiger partial charge < -0.3 is 33.8 Å². The summed E-state index contributed by atoms with van der Waals surface area (Å²) in [7, 11) is -9.91. The van der Waals surface area contributed by atoms with E-state index in [0.717, 1.165) is 114 Å². The van der Waals surface area contributed by atoms with E-state index in [0.29, 0.717) is 25.7 Å². The molecule has 3 unspecified atom stereocenters. The van der Waals surface area contributed by atoms with E-state index in [1.54, 1.807) is 0 Å². The molecule has 0 bridgehead atoms. The summed E-state index contributed by atoms with van der Waals surface area (Å²) in [5.74, 6) is 0.192. The molecule has 0 aliphatic carbocycles. The maximum Gasteiger partial charge on any atom is 0.472 e. The lowest BCUT2D eigenvalue weighted by Crippen LogP contribution is -2.30. The number of carbonyl (C=O) groups excluding carboxylic acids is 4. The summed E-state index contributed by atoms with van der Waals surface area (Å²) in [5.41, 5.74) is 0. The standard InChI is InChI=1S/C75H146O17P2/c1-8-10-11-12-13-14-22-30-35-44-51-58-74(79)92-71(63-86-73(78)57-50-43-38-37-41-48-55-68(7)9-2)65-90-94(83,84)88-61-69(76)60-87-93(81,82)89-64-70(62-85-72(77)56-49-42-34-29-26-21-24-28-33-40-47-54-67(5)6)91-75(80)59-52-45-36-31-25-20-18-16-15-17-19-23-27-32-39-46-53-66(3)4/h66-71,76H,8-65H2,1-7H3,(H,81,82)(H,83,84)/t68?,69-,70-,71-/m1/s1. The van der Waals surface area contributed by atoms with E-state index >= 15 is 0 Å². The van der Waals surface area contributed by atoms with Crippen LogP contribution >= 0.6 is 15.6 Å². The predicted octanol–water partition coefficient (Wildman–Crippen LogP) is 21.8. The van der Waals surface area contributed by atoms with Crippen LogP contribution in [0.3, 0.4) is 0 Å². The van der Waals surface area contributed by atoms with Gasteiger partial charge in [-0.1, -0.05) is 331 Å². The third-order valence-electron chi connectivity index (χ3n) is 17.7. The van der Waals surface area contributed by atoms with Gasteiger partial charge >= 0.3 is 39.5 Å². The zero-order valence-corrected chi connectivity index (χ0v) is 63.2. The normalized spacial score (nSPS) is 14.4. The number of aliphatic hydroxyl groups excluding tert-OH is 1. The molecule has 3 N–H and O–H groups in total. The van der Waals surface area contributed by atoms with Crippen LogP contribution in [0.15, 0.2) is 0 Å². The van der Waals surface area contributed by atoms with Crippen molar-refractivity contribution in [1.82, 2.24) is 0 Å². The Morgan fingerprint density at radius 2 is 0.543 bits per heavy atom. The summed E-state index contributed by atoms with van der Waals surface area (Å²) in [6.45, 7) is 11.9. The van der Waals surface area contributed by atoms with Crippen LogP contribution in [0.4, 0.5) is 0 Å². The molecule has 0 aromatic carbocycles. The Hall–Kier alpha value is -1.94. The molecule has 0 aliphatic rings. The number of phosphoric acid groups is 2. The van der Waals surface area contributed by atoms with Crippen LogP contribution in [0.5, 0.6) is 0 Å². The molecule has 0 aromatic rings. The number of hydrogen-bond donors (Lipinski definition) is 3. The fourth-order valence-electron chi connectivity index (χ4n) is 11.4. The Morgan fingerprint density at radius 1 is 0.309 bits per heavy atom. The average molecular weight is 1380 g/mol. The van der Waals surface area contributed by atoms with E-state index in [-0.39, 0.29) is 25.7 Å². The van der Waals surface area contributed by atoms with Gasteiger partial charge in [0.1, 0.15) is 19.3 Å². The molecule has 19 heteroatoms. The Kier molecular flexibility index (Phi) is 64.3. The second-order valence-corrected chi connectivity index (χ2v) is 31.1. The summed E-state index contributed by atoms with van der Waals surface area (Å²) in [4.78, 5) is 72.7. The van der Waals surface area contributed by atoms with Crippen LogP contribution in [0.2, 0.25) is 0 Å². The van der Waals surface area contributed by atoms with Crippen LogP contribution in [0.25, 0.3) is 0 Å². The third kappa shape index (κ3) is 67.3. The highest BCUT2D eigenvalue weighted by atomic mass is 31.2. The maximum atomic E-state index is 13.1. The first-order valence-electron chi connectivity index (χ1n) is 38.9. The monoisotopic (exact) mass is 1380 g/mol. The predicted molar refractivity (Wildman–Crippen MR) is 381 cm³/mol. The number of phosphoric ester groups is 2. The largest absolute Gasteiger partial charge is 0.472 e. The SMILES string of the molecule is CCCCCCCCCCCCCC(=O)O[C@H](COC(=O)CCCCCCCCC(C)CC)COP(=O)(O)OC[C@H](O)COP(=O)(O)OC[C@@H](COC(=O)CCCCCCCCCCCCCC(C)C)OC(=O)CCCCCCCCCCCCCCCCCCC(C)C. The van der Waals surface area contributed by atoms with E-state index in [4.69, 9.17) is 37.0 Å². The van der Waals surface area contributed by atoms with Gasteiger partial charge in [0.15, 0.2) is 12.2 Å². The van der Waals surface area contributed by atoms with Gasteiger partial charge in [-0.15, -0.1) is 0 Å². The van der Waals surface area contributed by atoms with E-state index < -0.39 is 97.5 Å². The van der Waals surface area contributed by atoms with Crippen molar-refractivity contribution in [3.05, 3.63) is 0 Å². The fourth-order valence-corrected chi connectivity index (χ4v) is 13.0. The molecular formula is C75H146O17P2. The first-order valence-corrected chi connectivity index (χ1v) is 41.9. The Morgan fingerprint density at radius 3 is 0.809 bits per heavy atom. The van der Waals surface area contributed by atoms with Gasteiger partial charge in [-0.3, -0.25) is 37.3 Å². The van der Waals surface area contributed by atoms with E-state index in [1.165, 1.54) is 186 Å². The van der Waals surface area contributed by atoms with Crippen LogP contribution in [-0.2, 0) is 65.4 Å². The Bertz CT molecular complexity index is 1840. The van der Waals surface area contributed by atoms with Crippen LogP contribution in [-0.4, -0.2) is 96.7 Å². The van der Waals surface area contributed by atoms with Crippen molar-refractivity contribution in [1.29, 1.82) is 0 Å². The second kappa shape index (κ2) is 65.7. The van der Waals surface area contributed by atoms with Crippen LogP contribution < -0.4 is 0 Å². The zero-order chi connectivity index (χ0) is 69.4. The lowest BCUT2D eigenvalue weighted by molar-refractivity contribution is -0.161. The fraction of sp³-hybridized carbons (Fsp3) is 0.947. The molecular weight excluding hydrogens is 1230 g/mol. The van der Waals surface area contributed by atoms with Crippen LogP contribution in [0, 0.1) is 17.8 Å². The summed E-state index contributed by atoms with van der Waals surface area (Å²) in [6.07, 6.45) is 51.3.